The number of ether oxygens (including phenoxy) is 1. The van der Waals surface area contributed by atoms with Crippen LogP contribution in [0.15, 0.2) is 24.3 Å². The first-order valence-corrected chi connectivity index (χ1v) is 9.38. The Labute approximate surface area is 150 Å². The Balaban J connectivity index is 2.20. The zero-order valence-electron chi connectivity index (χ0n) is 15.6. The summed E-state index contributed by atoms with van der Waals surface area (Å²) in [5.74, 6) is -0.0496. The molecule has 5 heteroatoms. The summed E-state index contributed by atoms with van der Waals surface area (Å²) in [6, 6.07) is 7.77. The van der Waals surface area contributed by atoms with Crippen LogP contribution in [0.5, 0.6) is 0 Å². The molecule has 0 spiro atoms. The van der Waals surface area contributed by atoms with Crippen LogP contribution in [0.25, 0.3) is 0 Å². The minimum absolute atomic E-state index is 0.0565. The number of hydrogen-bond donors (Lipinski definition) is 1. The van der Waals surface area contributed by atoms with E-state index in [0.717, 1.165) is 31.5 Å². The molecule has 25 heavy (non-hydrogen) atoms. The average molecular weight is 346 g/mol. The van der Waals surface area contributed by atoms with Crippen LogP contribution >= 0.6 is 0 Å². The van der Waals surface area contributed by atoms with Gasteiger partial charge in [-0.3, -0.25) is 9.59 Å². The zero-order valence-corrected chi connectivity index (χ0v) is 15.6. The Morgan fingerprint density at radius 2 is 1.72 bits per heavy atom. The first-order valence-electron chi connectivity index (χ1n) is 9.38. The molecule has 1 amide bonds. The molecule has 1 aliphatic heterocycles. The Hall–Kier alpha value is -1.88. The number of esters is 1. The first kappa shape index (κ1) is 19.4. The maximum Gasteiger partial charge on any atom is 0.309 e. The molecule has 1 aromatic carbocycles. The molecule has 138 valence electrons. The Morgan fingerprint density at radius 3 is 2.32 bits per heavy atom. The van der Waals surface area contributed by atoms with Crippen LogP contribution < -0.4 is 5.32 Å². The fourth-order valence-electron chi connectivity index (χ4n) is 3.54. The Morgan fingerprint density at radius 1 is 1.08 bits per heavy atom. The van der Waals surface area contributed by atoms with Crippen molar-refractivity contribution in [2.75, 3.05) is 32.8 Å². The van der Waals surface area contributed by atoms with E-state index in [1.807, 2.05) is 49.9 Å². The third-order valence-corrected chi connectivity index (χ3v) is 4.98. The lowest BCUT2D eigenvalue weighted by molar-refractivity contribution is -0.149. The lowest BCUT2D eigenvalue weighted by Crippen LogP contribution is -2.30. The number of carbonyl (C=O) groups excluding carboxylic acids is 2. The van der Waals surface area contributed by atoms with Crippen molar-refractivity contribution in [2.24, 2.45) is 5.92 Å². The predicted octanol–water partition coefficient (Wildman–Crippen LogP) is 2.81. The molecule has 5 nitrogen and oxygen atoms in total. The maximum absolute atomic E-state index is 12.4. The van der Waals surface area contributed by atoms with E-state index >= 15 is 0 Å². The first-order chi connectivity index (χ1) is 12.1. The van der Waals surface area contributed by atoms with E-state index < -0.39 is 0 Å². The second-order valence-electron chi connectivity index (χ2n) is 6.39. The molecule has 2 rings (SSSR count). The van der Waals surface area contributed by atoms with E-state index in [1.165, 1.54) is 0 Å². The third-order valence-electron chi connectivity index (χ3n) is 4.98. The van der Waals surface area contributed by atoms with E-state index in [0.29, 0.717) is 25.3 Å². The van der Waals surface area contributed by atoms with Crippen LogP contribution in [0, 0.1) is 5.92 Å². The largest absolute Gasteiger partial charge is 0.466 e. The quantitative estimate of drug-likeness (QED) is 0.805. The van der Waals surface area contributed by atoms with Gasteiger partial charge in [0.2, 0.25) is 0 Å². The summed E-state index contributed by atoms with van der Waals surface area (Å²) >= 11 is 0. The molecule has 2 atom stereocenters. The van der Waals surface area contributed by atoms with E-state index in [4.69, 9.17) is 4.74 Å². The maximum atomic E-state index is 12.4. The number of hydrogen-bond acceptors (Lipinski definition) is 4. The molecule has 1 aliphatic rings. The molecule has 0 bridgehead atoms. The lowest BCUT2D eigenvalue weighted by atomic mass is 9.82. The average Bonchev–Trinajstić information content (AvgIpc) is 2.89. The van der Waals surface area contributed by atoms with Crippen LogP contribution in [0.2, 0.25) is 0 Å². The number of nitrogens with one attached hydrogen (secondary N) is 1. The Bertz CT molecular complexity index is 567. The van der Waals surface area contributed by atoms with Crippen LogP contribution in [0.3, 0.4) is 0 Å². The van der Waals surface area contributed by atoms with Crippen molar-refractivity contribution in [1.82, 2.24) is 10.2 Å². The molecule has 1 heterocycles. The minimum Gasteiger partial charge on any atom is -0.466 e. The van der Waals surface area contributed by atoms with Crippen molar-refractivity contribution in [3.05, 3.63) is 35.4 Å². The molecule has 1 saturated heterocycles. The van der Waals surface area contributed by atoms with Gasteiger partial charge in [0.05, 0.1) is 12.5 Å². The highest BCUT2D eigenvalue weighted by Crippen LogP contribution is 2.33. The molecular formula is C20H30N2O3. The summed E-state index contributed by atoms with van der Waals surface area (Å²) in [4.78, 5) is 26.6. The fourth-order valence-corrected chi connectivity index (χ4v) is 3.54. The van der Waals surface area contributed by atoms with Crippen LogP contribution in [0.1, 0.15) is 55.5 Å². The fraction of sp³-hybridized carbons (Fsp3) is 0.600. The van der Waals surface area contributed by atoms with E-state index in [2.05, 4.69) is 5.32 Å². The highest BCUT2D eigenvalue weighted by molar-refractivity contribution is 5.94. The smallest absolute Gasteiger partial charge is 0.309 e. The Kier molecular flexibility index (Phi) is 7.44. The summed E-state index contributed by atoms with van der Waals surface area (Å²) in [6.07, 6.45) is 1.68. The van der Waals surface area contributed by atoms with Gasteiger partial charge in [-0.15, -0.1) is 0 Å². The molecular weight excluding hydrogens is 316 g/mol. The van der Waals surface area contributed by atoms with Crippen molar-refractivity contribution in [3.63, 3.8) is 0 Å². The number of nitrogens with zero attached hydrogens (tertiary/aromatic N) is 1. The van der Waals surface area contributed by atoms with E-state index in [9.17, 15) is 9.59 Å². The van der Waals surface area contributed by atoms with Gasteiger partial charge in [0.15, 0.2) is 0 Å². The van der Waals surface area contributed by atoms with Crippen LogP contribution in [-0.4, -0.2) is 49.6 Å². The molecule has 0 aliphatic carbocycles. The zero-order chi connectivity index (χ0) is 18.2. The number of carbonyl (C=O) groups is 2. The van der Waals surface area contributed by atoms with E-state index in [1.54, 1.807) is 0 Å². The van der Waals surface area contributed by atoms with Crippen molar-refractivity contribution in [3.8, 4) is 0 Å². The van der Waals surface area contributed by atoms with Crippen molar-refractivity contribution >= 4 is 11.9 Å². The molecule has 1 N–H and O–H groups in total. The van der Waals surface area contributed by atoms with Gasteiger partial charge in [-0.05, 0) is 70.3 Å². The van der Waals surface area contributed by atoms with Gasteiger partial charge >= 0.3 is 5.97 Å². The van der Waals surface area contributed by atoms with E-state index in [-0.39, 0.29) is 23.7 Å². The molecule has 0 aromatic heterocycles. The molecule has 1 aromatic rings. The lowest BCUT2D eigenvalue weighted by Gasteiger charge is -2.24. The normalized spacial score (nSPS) is 20.6. The summed E-state index contributed by atoms with van der Waals surface area (Å²) in [6.45, 7) is 9.35. The van der Waals surface area contributed by atoms with Crippen molar-refractivity contribution in [2.45, 2.75) is 39.5 Å². The summed E-state index contributed by atoms with van der Waals surface area (Å²) in [7, 11) is 0. The van der Waals surface area contributed by atoms with Gasteiger partial charge < -0.3 is 15.0 Å². The van der Waals surface area contributed by atoms with Crippen LogP contribution in [0.4, 0.5) is 0 Å². The third kappa shape index (κ3) is 4.82. The monoisotopic (exact) mass is 346 g/mol. The van der Waals surface area contributed by atoms with Crippen LogP contribution in [-0.2, 0) is 9.53 Å². The summed E-state index contributed by atoms with van der Waals surface area (Å²) < 4.78 is 5.28. The molecule has 1 fully saturated rings. The molecule has 0 saturated carbocycles. The number of benzene rings is 1. The van der Waals surface area contributed by atoms with Gasteiger partial charge in [-0.25, -0.2) is 0 Å². The standard InChI is InChI=1S/C20H30N2O3/c1-4-22(5-2)19(23)16-9-7-15(8-10-16)17-11-13-21-14-12-18(17)20(24)25-6-3/h7-10,17-18,21H,4-6,11-14H2,1-3H3/t17?,18-/m0/s1. The highest BCUT2D eigenvalue weighted by Gasteiger charge is 2.31. The van der Waals surface area contributed by atoms with Crippen molar-refractivity contribution in [1.29, 1.82) is 0 Å². The second-order valence-corrected chi connectivity index (χ2v) is 6.39. The second kappa shape index (κ2) is 9.56. The molecule has 1 unspecified atom stereocenters. The highest BCUT2D eigenvalue weighted by atomic mass is 16.5. The molecule has 0 radical (unpaired) electrons. The topological polar surface area (TPSA) is 58.6 Å². The van der Waals surface area contributed by atoms with Gasteiger partial charge in [-0.1, -0.05) is 12.1 Å². The number of rotatable bonds is 6. The summed E-state index contributed by atoms with van der Waals surface area (Å²) in [5, 5.41) is 3.37. The summed E-state index contributed by atoms with van der Waals surface area (Å²) in [5.41, 5.74) is 1.81. The van der Waals surface area contributed by atoms with Crippen molar-refractivity contribution < 1.29 is 14.3 Å². The van der Waals surface area contributed by atoms with Gasteiger partial charge in [0, 0.05) is 18.7 Å². The predicted molar refractivity (Wildman–Crippen MR) is 98.7 cm³/mol. The van der Waals surface area contributed by atoms with Gasteiger partial charge in [0.25, 0.3) is 5.91 Å². The van der Waals surface area contributed by atoms with Gasteiger partial charge in [-0.2, -0.15) is 0 Å². The SMILES string of the molecule is CCOC(=O)[C@H]1CCNCCC1c1ccc(C(=O)N(CC)CC)cc1. The minimum atomic E-state index is -0.126. The number of amides is 1. The van der Waals surface area contributed by atoms with Gasteiger partial charge in [0.1, 0.15) is 0 Å².